The minimum atomic E-state index is -0.506. The minimum Gasteiger partial charge on any atom is -0.464 e. The molecule has 7 heteroatoms. The lowest BCUT2D eigenvalue weighted by Gasteiger charge is -2.13. The highest BCUT2D eigenvalue weighted by molar-refractivity contribution is 6.07. The third-order valence-corrected chi connectivity index (χ3v) is 6.58. The van der Waals surface area contributed by atoms with Crippen LogP contribution in [0.15, 0.2) is 47.7 Å². The first-order chi connectivity index (χ1) is 14.5. The molecular formula is C23H23N3O4. The van der Waals surface area contributed by atoms with Crippen molar-refractivity contribution in [3.63, 3.8) is 0 Å². The van der Waals surface area contributed by atoms with Gasteiger partial charge in [0.2, 0.25) is 0 Å². The van der Waals surface area contributed by atoms with Crippen molar-refractivity contribution in [1.29, 1.82) is 0 Å². The number of esters is 1. The van der Waals surface area contributed by atoms with Gasteiger partial charge in [-0.25, -0.2) is 4.79 Å². The smallest absolute Gasteiger partial charge is 0.328 e. The lowest BCUT2D eigenvalue weighted by molar-refractivity contribution is -0.146. The van der Waals surface area contributed by atoms with Gasteiger partial charge in [-0.3, -0.25) is 9.59 Å². The summed E-state index contributed by atoms with van der Waals surface area (Å²) in [5.41, 5.74) is 1.60. The van der Waals surface area contributed by atoms with E-state index < -0.39 is 6.04 Å². The normalized spacial score (nSPS) is 28.1. The molecule has 2 aromatic rings. The molecule has 154 valence electrons. The van der Waals surface area contributed by atoms with Gasteiger partial charge in [-0.2, -0.15) is 10.1 Å². The molecular weight excluding hydrogens is 382 g/mol. The van der Waals surface area contributed by atoms with Crippen LogP contribution in [0.4, 0.5) is 0 Å². The summed E-state index contributed by atoms with van der Waals surface area (Å²) >= 11 is 0. The van der Waals surface area contributed by atoms with Gasteiger partial charge in [0.05, 0.1) is 24.7 Å². The van der Waals surface area contributed by atoms with Crippen LogP contribution in [0, 0.1) is 23.7 Å². The van der Waals surface area contributed by atoms with E-state index in [9.17, 15) is 14.4 Å². The number of fused-ring (bicyclic) bond motifs is 6. The first-order valence-corrected chi connectivity index (χ1v) is 10.4. The Balaban J connectivity index is 1.46. The van der Waals surface area contributed by atoms with Crippen LogP contribution in [0.2, 0.25) is 0 Å². The van der Waals surface area contributed by atoms with E-state index in [1.54, 1.807) is 20.1 Å². The lowest BCUT2D eigenvalue weighted by Crippen LogP contribution is -2.28. The summed E-state index contributed by atoms with van der Waals surface area (Å²) in [6, 6.07) is 7.14. The Bertz CT molecular complexity index is 1080. The minimum absolute atomic E-state index is 0.156. The summed E-state index contributed by atoms with van der Waals surface area (Å²) in [5, 5.41) is 6.22. The summed E-state index contributed by atoms with van der Waals surface area (Å²) < 4.78 is 6.99. The molecule has 0 spiro atoms. The summed E-state index contributed by atoms with van der Waals surface area (Å²) in [7, 11) is 0. The molecule has 1 aliphatic heterocycles. The molecule has 7 nitrogen and oxygen atoms in total. The molecule has 3 aliphatic rings. The number of imide groups is 1. The van der Waals surface area contributed by atoms with Gasteiger partial charge >= 0.3 is 5.97 Å². The SMILES string of the molecule is CCOC(=O)[C@@H](C)n1cc(C=NN2C(=O)[C@@H]3[C@H](C2=O)[C@H]2C=C[C@H]3C2)c2ccccc21. The van der Waals surface area contributed by atoms with Crippen LogP contribution >= 0.6 is 0 Å². The zero-order valence-corrected chi connectivity index (χ0v) is 16.9. The second kappa shape index (κ2) is 6.93. The number of aromatic nitrogens is 1. The molecule has 2 heterocycles. The van der Waals surface area contributed by atoms with Crippen molar-refractivity contribution in [3.8, 4) is 0 Å². The van der Waals surface area contributed by atoms with E-state index in [-0.39, 0.29) is 41.5 Å². The zero-order valence-electron chi connectivity index (χ0n) is 16.9. The van der Waals surface area contributed by atoms with E-state index in [4.69, 9.17) is 4.74 Å². The average Bonchev–Trinajstić information content (AvgIpc) is 3.50. The Kier molecular flexibility index (Phi) is 4.34. The molecule has 30 heavy (non-hydrogen) atoms. The molecule has 0 unspecified atom stereocenters. The van der Waals surface area contributed by atoms with Crippen molar-refractivity contribution in [2.24, 2.45) is 28.8 Å². The van der Waals surface area contributed by atoms with Crippen molar-refractivity contribution in [2.45, 2.75) is 26.3 Å². The molecule has 5 rings (SSSR count). The number of ether oxygens (including phenoxy) is 1. The number of amides is 2. The van der Waals surface area contributed by atoms with Gasteiger partial charge in [-0.05, 0) is 38.2 Å². The topological polar surface area (TPSA) is 81.0 Å². The monoisotopic (exact) mass is 405 g/mol. The molecule has 0 N–H and O–H groups in total. The average molecular weight is 405 g/mol. The number of hydrogen-bond donors (Lipinski definition) is 0. The third-order valence-electron chi connectivity index (χ3n) is 6.58. The van der Waals surface area contributed by atoms with E-state index in [1.807, 2.05) is 35.0 Å². The van der Waals surface area contributed by atoms with Crippen LogP contribution in [-0.4, -0.2) is 40.2 Å². The number of nitrogens with zero attached hydrogens (tertiary/aromatic N) is 3. The fraction of sp³-hybridized carbons (Fsp3) is 0.391. The van der Waals surface area contributed by atoms with Gasteiger partial charge < -0.3 is 9.30 Å². The van der Waals surface area contributed by atoms with Gasteiger partial charge in [0.1, 0.15) is 6.04 Å². The number of hydrazone groups is 1. The van der Waals surface area contributed by atoms with E-state index in [0.717, 1.165) is 27.9 Å². The van der Waals surface area contributed by atoms with Gasteiger partial charge in [-0.15, -0.1) is 0 Å². The standard InChI is InChI=1S/C23H23N3O4/c1-3-30-23(29)13(2)25-12-16(17-6-4-5-7-18(17)25)11-24-26-21(27)19-14-8-9-15(10-14)20(19)22(26)28/h4-9,11-15,19-20H,3,10H2,1-2H3/t13-,14+,15+,19-,20+/m1/s1. The van der Waals surface area contributed by atoms with E-state index in [0.29, 0.717) is 6.61 Å². The van der Waals surface area contributed by atoms with E-state index in [1.165, 1.54) is 0 Å². The number of carbonyl (C=O) groups excluding carboxylic acids is 3. The predicted octanol–water partition coefficient (Wildman–Crippen LogP) is 2.91. The zero-order chi connectivity index (χ0) is 21.0. The van der Waals surface area contributed by atoms with Crippen molar-refractivity contribution < 1.29 is 19.1 Å². The molecule has 1 saturated heterocycles. The largest absolute Gasteiger partial charge is 0.464 e. The highest BCUT2D eigenvalue weighted by Gasteiger charge is 2.59. The second-order valence-electron chi connectivity index (χ2n) is 8.17. The summed E-state index contributed by atoms with van der Waals surface area (Å²) in [5.74, 6) is -0.955. The van der Waals surface area contributed by atoms with Gasteiger partial charge in [0.25, 0.3) is 11.8 Å². The summed E-state index contributed by atoms with van der Waals surface area (Å²) in [4.78, 5) is 37.9. The molecule has 1 saturated carbocycles. The maximum atomic E-state index is 12.8. The number of allylic oxidation sites excluding steroid dienone is 2. The van der Waals surface area contributed by atoms with Crippen LogP contribution < -0.4 is 0 Å². The van der Waals surface area contributed by atoms with E-state index in [2.05, 4.69) is 17.3 Å². The molecule has 2 aliphatic carbocycles. The van der Waals surface area contributed by atoms with Crippen LogP contribution in [0.1, 0.15) is 31.9 Å². The maximum Gasteiger partial charge on any atom is 0.328 e. The molecule has 2 bridgehead atoms. The fourth-order valence-corrected chi connectivity index (χ4v) is 5.15. The number of rotatable bonds is 5. The Morgan fingerprint density at radius 3 is 2.53 bits per heavy atom. The summed E-state index contributed by atoms with van der Waals surface area (Å²) in [6.07, 6.45) is 8.38. The first kappa shape index (κ1) is 18.8. The summed E-state index contributed by atoms with van der Waals surface area (Å²) in [6.45, 7) is 3.87. The molecule has 1 aromatic carbocycles. The first-order valence-electron chi connectivity index (χ1n) is 10.4. The molecule has 0 radical (unpaired) electrons. The highest BCUT2D eigenvalue weighted by Crippen LogP contribution is 2.52. The Morgan fingerprint density at radius 2 is 1.87 bits per heavy atom. The maximum absolute atomic E-state index is 12.8. The van der Waals surface area contributed by atoms with Gasteiger partial charge in [0, 0.05) is 22.7 Å². The molecule has 5 atom stereocenters. The van der Waals surface area contributed by atoms with E-state index >= 15 is 0 Å². The second-order valence-corrected chi connectivity index (χ2v) is 8.17. The van der Waals surface area contributed by atoms with Gasteiger partial charge in [-0.1, -0.05) is 30.4 Å². The van der Waals surface area contributed by atoms with Crippen molar-refractivity contribution >= 4 is 34.9 Å². The third kappa shape index (κ3) is 2.65. The van der Waals surface area contributed by atoms with Crippen molar-refractivity contribution in [3.05, 3.63) is 48.2 Å². The predicted molar refractivity (Wildman–Crippen MR) is 110 cm³/mol. The molecule has 2 amide bonds. The number of hydrogen-bond acceptors (Lipinski definition) is 5. The van der Waals surface area contributed by atoms with Crippen LogP contribution in [0.5, 0.6) is 0 Å². The number of carbonyl (C=O) groups is 3. The molecule has 1 aromatic heterocycles. The van der Waals surface area contributed by atoms with Gasteiger partial charge in [0.15, 0.2) is 0 Å². The highest BCUT2D eigenvalue weighted by atomic mass is 16.5. The number of para-hydroxylation sites is 1. The molecule has 2 fully saturated rings. The Morgan fingerprint density at radius 1 is 1.20 bits per heavy atom. The van der Waals surface area contributed by atoms with Crippen LogP contribution in [0.3, 0.4) is 0 Å². The Hall–Kier alpha value is -3.22. The Labute approximate surface area is 174 Å². The van der Waals surface area contributed by atoms with Crippen LogP contribution in [0.25, 0.3) is 10.9 Å². The van der Waals surface area contributed by atoms with Crippen molar-refractivity contribution in [1.82, 2.24) is 9.58 Å². The quantitative estimate of drug-likeness (QED) is 0.332. The number of benzene rings is 1. The lowest BCUT2D eigenvalue weighted by atomic mass is 9.85. The van der Waals surface area contributed by atoms with Crippen LogP contribution in [-0.2, 0) is 19.1 Å². The fourth-order valence-electron chi connectivity index (χ4n) is 5.15. The van der Waals surface area contributed by atoms with Crippen molar-refractivity contribution in [2.75, 3.05) is 6.61 Å².